The summed E-state index contributed by atoms with van der Waals surface area (Å²) < 4.78 is 145. The maximum Gasteiger partial charge on any atom is 1.00 e. The second kappa shape index (κ2) is 19.7. The molecule has 0 fully saturated rings. The van der Waals surface area contributed by atoms with Crippen LogP contribution in [0.1, 0.15) is 15.9 Å². The van der Waals surface area contributed by atoms with Gasteiger partial charge in [-0.25, -0.2) is 33.7 Å². The molecule has 0 saturated heterocycles. The van der Waals surface area contributed by atoms with Crippen LogP contribution in [0.2, 0.25) is 5.28 Å². The molecule has 0 saturated carbocycles. The number of fused-ring (bicyclic) bond motifs is 2. The zero-order valence-electron chi connectivity index (χ0n) is 31.1. The third-order valence-electron chi connectivity index (χ3n) is 7.70. The Bertz CT molecular complexity index is 3000. The summed E-state index contributed by atoms with van der Waals surface area (Å²) >= 11 is 6.13. The van der Waals surface area contributed by atoms with Crippen molar-refractivity contribution >= 4 is 109 Å². The van der Waals surface area contributed by atoms with Crippen molar-refractivity contribution in [3.05, 3.63) is 94.1 Å². The Morgan fingerprint density at radius 3 is 1.93 bits per heavy atom. The van der Waals surface area contributed by atoms with Crippen LogP contribution in [0, 0.1) is 0 Å². The summed E-state index contributed by atoms with van der Waals surface area (Å²) in [6, 6.07) is 14.5. The fourth-order valence-corrected chi connectivity index (χ4v) is 8.02. The first-order chi connectivity index (χ1) is 25.5. The molecule has 0 aliphatic heterocycles. The van der Waals surface area contributed by atoms with E-state index in [-0.39, 0.29) is 135 Å². The van der Waals surface area contributed by atoms with E-state index in [4.69, 9.17) is 11.6 Å². The van der Waals surface area contributed by atoms with E-state index in [9.17, 15) is 56.7 Å². The number of Topliss-reactive ketones (excluding diaryl/α,β-unsaturated/α-hetero) is 1. The van der Waals surface area contributed by atoms with E-state index in [1.54, 1.807) is 36.2 Å². The minimum atomic E-state index is -5.58. The van der Waals surface area contributed by atoms with Crippen LogP contribution < -0.4 is 110 Å². The number of hydrazone groups is 1. The second-order valence-electron chi connectivity index (χ2n) is 11.3. The van der Waals surface area contributed by atoms with Crippen LogP contribution in [-0.4, -0.2) is 85.4 Å². The van der Waals surface area contributed by atoms with Crippen molar-refractivity contribution in [1.82, 2.24) is 21.1 Å². The number of halogens is 1. The van der Waals surface area contributed by atoms with Gasteiger partial charge in [-0.05, 0) is 83.2 Å². The second-order valence-corrected chi connectivity index (χ2v) is 17.0. The minimum Gasteiger partial charge on any atom is -0.744 e. The Labute approximate surface area is 407 Å². The average Bonchev–Trinajstić information content (AvgIpc) is 3.08. The van der Waals surface area contributed by atoms with E-state index < -0.39 is 88.0 Å². The molecular formula is C30H22ClN8Na3O13S4. The number of anilines is 5. The molecule has 6 rings (SSSR count). The largest absolute Gasteiger partial charge is 1.00 e. The number of hydrogen-bond donors (Lipinski definition) is 3. The summed E-state index contributed by atoms with van der Waals surface area (Å²) in [7, 11) is -20.4. The van der Waals surface area contributed by atoms with Gasteiger partial charge in [-0.15, -0.1) is 0 Å². The van der Waals surface area contributed by atoms with Crippen LogP contribution in [0.25, 0.3) is 16.8 Å². The van der Waals surface area contributed by atoms with Crippen molar-refractivity contribution in [1.29, 1.82) is 0 Å². The fraction of sp³-hybridized carbons (Fsp3) is 0.0333. The molecule has 0 radical (unpaired) electrons. The van der Waals surface area contributed by atoms with Gasteiger partial charge in [0, 0.05) is 29.4 Å². The van der Waals surface area contributed by atoms with E-state index in [2.05, 4.69) is 25.4 Å². The monoisotopic (exact) mass is 934 g/mol. The van der Waals surface area contributed by atoms with E-state index in [1.165, 1.54) is 18.2 Å². The summed E-state index contributed by atoms with van der Waals surface area (Å²) in [6.45, 7) is 0. The number of quaternary nitrogens is 1. The Morgan fingerprint density at radius 2 is 1.36 bits per heavy atom. The van der Waals surface area contributed by atoms with Crippen LogP contribution >= 0.6 is 11.6 Å². The van der Waals surface area contributed by atoms with Crippen LogP contribution in [0.3, 0.4) is 0 Å². The van der Waals surface area contributed by atoms with Crippen molar-refractivity contribution in [2.24, 2.45) is 5.10 Å². The van der Waals surface area contributed by atoms with Crippen LogP contribution in [0.4, 0.5) is 29.0 Å². The molecule has 294 valence electrons. The van der Waals surface area contributed by atoms with Gasteiger partial charge in [0.15, 0.2) is 0 Å². The Morgan fingerprint density at radius 1 is 0.729 bits per heavy atom. The molecule has 0 bridgehead atoms. The van der Waals surface area contributed by atoms with Crippen LogP contribution in [-0.2, 0) is 40.5 Å². The number of nitrogens with zero attached hydrogens (tertiary/aromatic N) is 5. The van der Waals surface area contributed by atoms with Crippen molar-refractivity contribution in [3.8, 4) is 0 Å². The number of nitrogens with one attached hydrogen (secondary N) is 2. The molecule has 0 amide bonds. The van der Waals surface area contributed by atoms with Gasteiger partial charge < -0.3 is 34.6 Å². The van der Waals surface area contributed by atoms with Crippen LogP contribution in [0.5, 0.6) is 0 Å². The fourth-order valence-electron chi connectivity index (χ4n) is 5.25. The van der Waals surface area contributed by atoms with E-state index in [1.807, 2.05) is 11.5 Å². The maximum atomic E-state index is 13.6. The molecule has 1 aliphatic carbocycles. The molecule has 1 aromatic heterocycles. The van der Waals surface area contributed by atoms with Gasteiger partial charge in [0.1, 0.15) is 46.2 Å². The van der Waals surface area contributed by atoms with Gasteiger partial charge in [-0.3, -0.25) is 10.2 Å². The average molecular weight is 935 g/mol. The topological polar surface area (TPSA) is 361 Å². The number of carbonyl (C=O) groups excluding carboxylic acids is 1. The molecule has 0 unspecified atom stereocenters. The first-order valence-electron chi connectivity index (χ1n) is 14.7. The molecule has 29 heteroatoms. The van der Waals surface area contributed by atoms with Crippen molar-refractivity contribution in [3.63, 3.8) is 0 Å². The zero-order chi connectivity index (χ0) is 40.2. The number of ketones is 1. The maximum absolute atomic E-state index is 13.6. The van der Waals surface area contributed by atoms with Crippen molar-refractivity contribution < 1.29 is 145 Å². The summed E-state index contributed by atoms with van der Waals surface area (Å²) in [5.41, 5.74) is 0.474. The number of carbonyl (C=O) groups is 1. The van der Waals surface area contributed by atoms with Gasteiger partial charge in [0.2, 0.25) is 23.0 Å². The Hall–Kier alpha value is -2.48. The molecule has 21 nitrogen and oxygen atoms in total. The Kier molecular flexibility index (Phi) is 17.6. The minimum absolute atomic E-state index is 0. The van der Waals surface area contributed by atoms with Crippen LogP contribution in [0.15, 0.2) is 97.5 Å². The molecule has 6 N–H and O–H groups in total. The molecule has 5 aromatic rings. The molecule has 59 heavy (non-hydrogen) atoms. The van der Waals surface area contributed by atoms with E-state index in [0.717, 1.165) is 6.08 Å². The molecule has 1 heterocycles. The number of allylic oxidation sites excluding steroid dienone is 1. The molecule has 0 spiro atoms. The number of rotatable bonds is 10. The molecule has 1 aliphatic rings. The molecular weight excluding hydrogens is 913 g/mol. The molecule has 0 atom stereocenters. The number of hydrogen-bond acceptors (Lipinski definition) is 20. The smallest absolute Gasteiger partial charge is 0.744 e. The Balaban J connectivity index is 0.00000300. The third-order valence-corrected chi connectivity index (χ3v) is 11.3. The van der Waals surface area contributed by atoms with Gasteiger partial charge in [-0.1, -0.05) is 18.2 Å². The van der Waals surface area contributed by atoms with Gasteiger partial charge in [-0.2, -0.15) is 20.1 Å². The number of para-hydroxylation sites is 1. The number of aromatic nitrogens is 3. The van der Waals surface area contributed by atoms with Gasteiger partial charge >= 0.3 is 88.7 Å². The number of benzene rings is 4. The predicted molar refractivity (Wildman–Crippen MR) is 196 cm³/mol. The first-order valence-corrected chi connectivity index (χ1v) is 20.7. The quantitative estimate of drug-likeness (QED) is 0.0666. The summed E-state index contributed by atoms with van der Waals surface area (Å²) in [5.74, 6) is -1.12. The van der Waals surface area contributed by atoms with E-state index >= 15 is 0 Å². The normalized spacial score (nSPS) is 13.4. The summed E-state index contributed by atoms with van der Waals surface area (Å²) in [5, 5.41) is 4.86. The first kappa shape index (κ1) is 52.7. The third kappa shape index (κ3) is 11.9. The summed E-state index contributed by atoms with van der Waals surface area (Å²) in [4.78, 5) is 22.6. The van der Waals surface area contributed by atoms with E-state index in [0.29, 0.717) is 23.9 Å². The predicted octanol–water partition coefficient (Wildman–Crippen LogP) is -6.16. The summed E-state index contributed by atoms with van der Waals surface area (Å²) in [6.07, 6.45) is 0.776. The van der Waals surface area contributed by atoms with Crippen molar-refractivity contribution in [2.45, 2.75) is 14.7 Å². The molecule has 4 aromatic carbocycles. The van der Waals surface area contributed by atoms with Gasteiger partial charge in [0.05, 0.1) is 25.3 Å². The standard InChI is InChI=1S/C30H22ClN7O13S4.H3N.3Na/c1-38(18-5-3-2-4-6-18)30-34-28(31)33-29(35-30)32-17-7-8-20-15(9-17)12-25(55(49,50)51)26(27(20)39)37-36-22-14-21-16(11-24(22)54(46,47)48)10-19(52(40,41)42)13-23(21)53(43,44)45;;;;/h2-14,36H,1H3,(H,40,41,42)(H,43,44,45)(H,46,47,48)(H,49,50,51)(H,32,33,34,35);1H3;;;/q;;3*+1/p-3/b37-26-;;;;. The van der Waals surface area contributed by atoms with Crippen molar-refractivity contribution in [2.75, 3.05) is 22.7 Å². The van der Waals surface area contributed by atoms with Gasteiger partial charge in [0.25, 0.3) is 0 Å². The zero-order valence-corrected chi connectivity index (χ0v) is 41.1. The SMILES string of the molecule is CN(c1ccccc1)c1nc(Cl)nc(Nc2ccc3c(c2)C=C(S(=O)(=O)[O-])/C(=N/Nc2cc4c(S(=O)(=O)[O-])cc(S(=O)(=O)[O-])cc4cc2S(=O)(=O)[O-])C3=O)n1.[NH4+].[Na+].[Na+].[Na+].